The van der Waals surface area contributed by atoms with Crippen molar-refractivity contribution in [2.45, 2.75) is 25.9 Å². The van der Waals surface area contributed by atoms with Gasteiger partial charge in [0.1, 0.15) is 0 Å². The number of benzene rings is 1. The van der Waals surface area contributed by atoms with Gasteiger partial charge in [-0.2, -0.15) is 4.31 Å². The molecule has 0 aromatic heterocycles. The number of hydrogen-bond donors (Lipinski definition) is 1. The predicted octanol–water partition coefficient (Wildman–Crippen LogP) is 1.33. The first kappa shape index (κ1) is 13.1. The number of piperidine rings is 1. The van der Waals surface area contributed by atoms with Crippen molar-refractivity contribution in [1.29, 1.82) is 0 Å². The second-order valence-corrected chi connectivity index (χ2v) is 7.54. The Morgan fingerprint density at radius 1 is 1.21 bits per heavy atom. The third-order valence-corrected chi connectivity index (χ3v) is 5.99. The van der Waals surface area contributed by atoms with E-state index in [0.29, 0.717) is 13.1 Å². The molecule has 0 bridgehead atoms. The highest BCUT2D eigenvalue weighted by Crippen LogP contribution is 2.26. The molecule has 1 saturated heterocycles. The van der Waals surface area contributed by atoms with E-state index in [2.05, 4.69) is 5.32 Å². The van der Waals surface area contributed by atoms with Crippen molar-refractivity contribution in [2.75, 3.05) is 18.8 Å². The van der Waals surface area contributed by atoms with E-state index in [-0.39, 0.29) is 11.7 Å². The van der Waals surface area contributed by atoms with Crippen LogP contribution in [0.3, 0.4) is 0 Å². The molecule has 2 heterocycles. The Morgan fingerprint density at radius 2 is 1.89 bits per heavy atom. The summed E-state index contributed by atoms with van der Waals surface area (Å²) in [5.41, 5.74) is 2.29. The predicted molar refractivity (Wildman–Crippen MR) is 75.1 cm³/mol. The minimum atomic E-state index is -3.13. The van der Waals surface area contributed by atoms with E-state index in [1.165, 1.54) is 0 Å². The Balaban J connectivity index is 1.69. The molecule has 0 spiro atoms. The number of rotatable bonds is 3. The number of nitrogens with zero attached hydrogens (tertiary/aromatic N) is 1. The lowest BCUT2D eigenvalue weighted by Crippen LogP contribution is -2.38. The van der Waals surface area contributed by atoms with Crippen LogP contribution in [0.5, 0.6) is 0 Å². The zero-order chi connectivity index (χ0) is 13.3. The first-order valence-electron chi connectivity index (χ1n) is 6.90. The van der Waals surface area contributed by atoms with Gasteiger partial charge in [-0.25, -0.2) is 8.42 Å². The molecule has 1 aromatic carbocycles. The average molecular weight is 280 g/mol. The van der Waals surface area contributed by atoms with Gasteiger partial charge in [0, 0.05) is 13.1 Å². The number of sulfonamides is 1. The molecule has 19 heavy (non-hydrogen) atoms. The summed E-state index contributed by atoms with van der Waals surface area (Å²) in [5, 5.41) is 3.28. The van der Waals surface area contributed by atoms with Crippen LogP contribution in [-0.2, 0) is 23.1 Å². The third kappa shape index (κ3) is 2.83. The zero-order valence-electron chi connectivity index (χ0n) is 11.0. The van der Waals surface area contributed by atoms with Crippen molar-refractivity contribution in [1.82, 2.24) is 9.62 Å². The van der Waals surface area contributed by atoms with Crippen LogP contribution in [0.25, 0.3) is 0 Å². The topological polar surface area (TPSA) is 49.4 Å². The van der Waals surface area contributed by atoms with Crippen molar-refractivity contribution in [3.63, 3.8) is 0 Å². The molecule has 0 saturated carbocycles. The second kappa shape index (κ2) is 5.23. The molecule has 2 aliphatic rings. The normalized spacial score (nSPS) is 24.3. The first-order valence-corrected chi connectivity index (χ1v) is 8.51. The van der Waals surface area contributed by atoms with Gasteiger partial charge < -0.3 is 5.32 Å². The third-order valence-electron chi connectivity index (χ3n) is 4.05. The van der Waals surface area contributed by atoms with E-state index >= 15 is 0 Å². The SMILES string of the molecule is O=S(=O)(CC1CCCNC1)N1Cc2ccccc2C1. The number of hydrogen-bond acceptors (Lipinski definition) is 3. The Kier molecular flexibility index (Phi) is 3.60. The smallest absolute Gasteiger partial charge is 0.215 e. The first-order chi connectivity index (χ1) is 9.15. The van der Waals surface area contributed by atoms with Crippen molar-refractivity contribution in [3.8, 4) is 0 Å². The van der Waals surface area contributed by atoms with E-state index in [9.17, 15) is 8.42 Å². The monoisotopic (exact) mass is 280 g/mol. The highest BCUT2D eigenvalue weighted by atomic mass is 32.2. The fraction of sp³-hybridized carbons (Fsp3) is 0.571. The summed E-state index contributed by atoms with van der Waals surface area (Å²) in [7, 11) is -3.13. The van der Waals surface area contributed by atoms with Gasteiger partial charge in [-0.05, 0) is 43.0 Å². The highest BCUT2D eigenvalue weighted by molar-refractivity contribution is 7.89. The molecule has 0 radical (unpaired) electrons. The molecule has 4 nitrogen and oxygen atoms in total. The molecule has 0 amide bonds. The molecule has 1 aromatic rings. The lowest BCUT2D eigenvalue weighted by molar-refractivity contribution is 0.382. The van der Waals surface area contributed by atoms with Crippen LogP contribution in [0.15, 0.2) is 24.3 Å². The Bertz CT molecular complexity index is 525. The Hall–Kier alpha value is -0.910. The summed E-state index contributed by atoms with van der Waals surface area (Å²) >= 11 is 0. The van der Waals surface area contributed by atoms with Crippen molar-refractivity contribution in [2.24, 2.45) is 5.92 Å². The quantitative estimate of drug-likeness (QED) is 0.909. The maximum Gasteiger partial charge on any atom is 0.215 e. The fourth-order valence-electron chi connectivity index (χ4n) is 2.97. The van der Waals surface area contributed by atoms with E-state index in [4.69, 9.17) is 0 Å². The molecule has 2 aliphatic heterocycles. The zero-order valence-corrected chi connectivity index (χ0v) is 11.8. The molecular weight excluding hydrogens is 260 g/mol. The molecule has 3 rings (SSSR count). The van der Waals surface area contributed by atoms with Crippen LogP contribution >= 0.6 is 0 Å². The van der Waals surface area contributed by atoms with Crippen LogP contribution in [0.1, 0.15) is 24.0 Å². The summed E-state index contributed by atoms with van der Waals surface area (Å²) < 4.78 is 26.6. The maximum absolute atomic E-state index is 12.5. The van der Waals surface area contributed by atoms with Gasteiger partial charge >= 0.3 is 0 Å². The summed E-state index contributed by atoms with van der Waals surface area (Å²) in [6, 6.07) is 7.99. The summed E-state index contributed by atoms with van der Waals surface area (Å²) in [5.74, 6) is 0.552. The van der Waals surface area contributed by atoms with Gasteiger partial charge in [-0.15, -0.1) is 0 Å². The molecule has 1 atom stereocenters. The molecule has 104 valence electrons. The maximum atomic E-state index is 12.5. The van der Waals surface area contributed by atoms with Gasteiger partial charge in [-0.1, -0.05) is 24.3 Å². The molecular formula is C14H20N2O2S. The van der Waals surface area contributed by atoms with Crippen molar-refractivity contribution < 1.29 is 8.42 Å². The molecule has 5 heteroatoms. The minimum absolute atomic E-state index is 0.266. The lowest BCUT2D eigenvalue weighted by atomic mass is 10.0. The summed E-state index contributed by atoms with van der Waals surface area (Å²) in [6.07, 6.45) is 2.10. The molecule has 1 N–H and O–H groups in total. The van der Waals surface area contributed by atoms with E-state index in [1.54, 1.807) is 4.31 Å². The van der Waals surface area contributed by atoms with Crippen molar-refractivity contribution in [3.05, 3.63) is 35.4 Å². The summed E-state index contributed by atoms with van der Waals surface area (Å²) in [6.45, 7) is 2.93. The minimum Gasteiger partial charge on any atom is -0.316 e. The Morgan fingerprint density at radius 3 is 2.47 bits per heavy atom. The van der Waals surface area contributed by atoms with Gasteiger partial charge in [0.25, 0.3) is 0 Å². The van der Waals surface area contributed by atoms with Crippen LogP contribution in [0.4, 0.5) is 0 Å². The molecule has 0 aliphatic carbocycles. The number of fused-ring (bicyclic) bond motifs is 1. The van der Waals surface area contributed by atoms with E-state index in [1.807, 2.05) is 24.3 Å². The lowest BCUT2D eigenvalue weighted by Gasteiger charge is -2.25. The van der Waals surface area contributed by atoms with Crippen LogP contribution in [0.2, 0.25) is 0 Å². The second-order valence-electron chi connectivity index (χ2n) is 5.53. The van der Waals surface area contributed by atoms with Gasteiger partial charge in [0.15, 0.2) is 0 Å². The average Bonchev–Trinajstić information content (AvgIpc) is 2.84. The largest absolute Gasteiger partial charge is 0.316 e. The van der Waals surface area contributed by atoms with E-state index < -0.39 is 10.0 Å². The summed E-state index contributed by atoms with van der Waals surface area (Å²) in [4.78, 5) is 0. The van der Waals surface area contributed by atoms with Crippen molar-refractivity contribution >= 4 is 10.0 Å². The van der Waals surface area contributed by atoms with Gasteiger partial charge in [0.05, 0.1) is 5.75 Å². The van der Waals surface area contributed by atoms with Gasteiger partial charge in [0.2, 0.25) is 10.0 Å². The molecule has 1 unspecified atom stereocenters. The Labute approximate surface area is 114 Å². The van der Waals surface area contributed by atoms with Crippen LogP contribution < -0.4 is 5.32 Å². The standard InChI is InChI=1S/C14H20N2O2S/c17-19(18,11-12-4-3-7-15-8-12)16-9-13-5-1-2-6-14(13)10-16/h1-2,5-6,12,15H,3-4,7-11H2. The van der Waals surface area contributed by atoms with Crippen LogP contribution in [-0.4, -0.2) is 31.6 Å². The molecule has 1 fully saturated rings. The van der Waals surface area contributed by atoms with Crippen LogP contribution in [0, 0.1) is 5.92 Å². The fourth-order valence-corrected chi connectivity index (χ4v) is 4.73. The highest BCUT2D eigenvalue weighted by Gasteiger charge is 2.31. The van der Waals surface area contributed by atoms with Gasteiger partial charge in [-0.3, -0.25) is 0 Å². The number of nitrogens with one attached hydrogen (secondary N) is 1. The van der Waals surface area contributed by atoms with E-state index in [0.717, 1.165) is 37.1 Å².